The summed E-state index contributed by atoms with van der Waals surface area (Å²) in [4.78, 5) is 10.5. The van der Waals surface area contributed by atoms with E-state index in [9.17, 15) is 10.1 Å². The first-order valence-electron chi connectivity index (χ1n) is 6.72. The molecule has 1 N–H and O–H groups in total. The zero-order chi connectivity index (χ0) is 15.2. The number of nitro groups is 1. The van der Waals surface area contributed by atoms with Gasteiger partial charge in [0.2, 0.25) is 5.82 Å². The number of benzene rings is 1. The van der Waals surface area contributed by atoms with Gasteiger partial charge in [-0.25, -0.2) is 0 Å². The molecule has 0 radical (unpaired) electrons. The molecule has 0 atom stereocenters. The van der Waals surface area contributed by atoms with Crippen LogP contribution >= 0.6 is 0 Å². The smallest absolute Gasteiger partial charge is 0.330 e. The van der Waals surface area contributed by atoms with Gasteiger partial charge in [-0.15, -0.1) is 5.10 Å². The molecule has 7 nitrogen and oxygen atoms in total. The van der Waals surface area contributed by atoms with Crippen LogP contribution in [-0.4, -0.2) is 28.4 Å². The predicted octanol–water partition coefficient (Wildman–Crippen LogP) is 2.47. The van der Waals surface area contributed by atoms with Crippen molar-refractivity contribution in [1.82, 2.24) is 9.78 Å². The van der Waals surface area contributed by atoms with E-state index in [0.717, 1.165) is 17.7 Å². The summed E-state index contributed by atoms with van der Waals surface area (Å²) in [5.74, 6) is 1.11. The van der Waals surface area contributed by atoms with Crippen LogP contribution in [0.1, 0.15) is 12.5 Å². The number of aryl methyl sites for hydroxylation is 1. The van der Waals surface area contributed by atoms with E-state index >= 15 is 0 Å². The van der Waals surface area contributed by atoms with Gasteiger partial charge in [-0.3, -0.25) is 14.8 Å². The van der Waals surface area contributed by atoms with Crippen molar-refractivity contribution in [3.8, 4) is 5.75 Å². The van der Waals surface area contributed by atoms with Crippen molar-refractivity contribution in [3.63, 3.8) is 0 Å². The zero-order valence-corrected chi connectivity index (χ0v) is 12.1. The molecule has 0 aliphatic carbocycles. The maximum Gasteiger partial charge on any atom is 0.330 e. The van der Waals surface area contributed by atoms with Gasteiger partial charge in [-0.2, -0.15) is 0 Å². The summed E-state index contributed by atoms with van der Waals surface area (Å²) in [6.45, 7) is 3.05. The van der Waals surface area contributed by atoms with Gasteiger partial charge in [0.1, 0.15) is 11.9 Å². The van der Waals surface area contributed by atoms with Gasteiger partial charge in [0.25, 0.3) is 0 Å². The van der Waals surface area contributed by atoms with Crippen LogP contribution in [0.4, 0.5) is 11.5 Å². The molecule has 1 aromatic carbocycles. The van der Waals surface area contributed by atoms with Crippen LogP contribution in [-0.2, 0) is 13.0 Å². The number of nitrogens with zero attached hydrogens (tertiary/aromatic N) is 3. The molecule has 1 aromatic heterocycles. The van der Waals surface area contributed by atoms with Crippen molar-refractivity contribution in [1.29, 1.82) is 0 Å². The van der Waals surface area contributed by atoms with E-state index in [1.165, 1.54) is 6.20 Å². The molecule has 112 valence electrons. The zero-order valence-electron chi connectivity index (χ0n) is 12.1. The number of methoxy groups -OCH3 is 1. The minimum absolute atomic E-state index is 0.00231. The SMILES string of the molecule is CCn1cc([N+](=O)[O-])c(NCCc2cccc(OC)c2)n1. The Hall–Kier alpha value is -2.57. The highest BCUT2D eigenvalue weighted by atomic mass is 16.6. The lowest BCUT2D eigenvalue weighted by Crippen LogP contribution is -2.07. The fourth-order valence-corrected chi connectivity index (χ4v) is 1.99. The van der Waals surface area contributed by atoms with Crippen molar-refractivity contribution in [3.05, 3.63) is 46.1 Å². The van der Waals surface area contributed by atoms with Gasteiger partial charge in [-0.05, 0) is 31.0 Å². The van der Waals surface area contributed by atoms with Crippen molar-refractivity contribution in [2.24, 2.45) is 0 Å². The van der Waals surface area contributed by atoms with Gasteiger partial charge >= 0.3 is 5.69 Å². The van der Waals surface area contributed by atoms with E-state index in [1.807, 2.05) is 31.2 Å². The quantitative estimate of drug-likeness (QED) is 0.625. The average Bonchev–Trinajstić information content (AvgIpc) is 2.91. The Kier molecular flexibility index (Phi) is 4.76. The normalized spacial score (nSPS) is 10.4. The summed E-state index contributed by atoms with van der Waals surface area (Å²) in [6, 6.07) is 7.73. The molecule has 7 heteroatoms. The largest absolute Gasteiger partial charge is 0.497 e. The molecule has 0 fully saturated rings. The average molecular weight is 290 g/mol. The summed E-state index contributed by atoms with van der Waals surface area (Å²) in [6.07, 6.45) is 2.17. The lowest BCUT2D eigenvalue weighted by Gasteiger charge is -2.05. The van der Waals surface area contributed by atoms with E-state index in [1.54, 1.807) is 11.8 Å². The first kappa shape index (κ1) is 14.8. The summed E-state index contributed by atoms with van der Waals surface area (Å²) in [5.41, 5.74) is 1.10. The third kappa shape index (κ3) is 3.71. The number of hydrogen-bond donors (Lipinski definition) is 1. The van der Waals surface area contributed by atoms with Gasteiger partial charge in [0.15, 0.2) is 0 Å². The van der Waals surface area contributed by atoms with Crippen LogP contribution < -0.4 is 10.1 Å². The first-order valence-corrected chi connectivity index (χ1v) is 6.72. The number of hydrogen-bond acceptors (Lipinski definition) is 5. The van der Waals surface area contributed by atoms with Crippen molar-refractivity contribution < 1.29 is 9.66 Å². The van der Waals surface area contributed by atoms with Gasteiger partial charge in [-0.1, -0.05) is 12.1 Å². The summed E-state index contributed by atoms with van der Waals surface area (Å²) < 4.78 is 6.71. The number of rotatable bonds is 7. The minimum Gasteiger partial charge on any atom is -0.497 e. The van der Waals surface area contributed by atoms with Crippen LogP contribution in [0.5, 0.6) is 5.75 Å². The molecule has 2 aromatic rings. The van der Waals surface area contributed by atoms with Crippen LogP contribution in [0.2, 0.25) is 0 Å². The van der Waals surface area contributed by atoms with Gasteiger partial charge < -0.3 is 10.1 Å². The number of nitrogens with one attached hydrogen (secondary N) is 1. The van der Waals surface area contributed by atoms with E-state index in [0.29, 0.717) is 18.9 Å². The fraction of sp³-hybridized carbons (Fsp3) is 0.357. The third-order valence-electron chi connectivity index (χ3n) is 3.10. The van der Waals surface area contributed by atoms with Crippen LogP contribution in [0.3, 0.4) is 0 Å². The molecule has 0 unspecified atom stereocenters. The van der Waals surface area contributed by atoms with Crippen LogP contribution in [0.15, 0.2) is 30.5 Å². The van der Waals surface area contributed by atoms with Gasteiger partial charge in [0.05, 0.1) is 12.0 Å². The number of ether oxygens (including phenoxy) is 1. The molecule has 0 aliphatic rings. The Balaban J connectivity index is 1.99. The molecule has 0 amide bonds. The molecule has 1 heterocycles. The lowest BCUT2D eigenvalue weighted by molar-refractivity contribution is -0.384. The molecule has 2 rings (SSSR count). The Morgan fingerprint density at radius 3 is 2.95 bits per heavy atom. The second-order valence-electron chi connectivity index (χ2n) is 4.50. The molecule has 0 bridgehead atoms. The number of anilines is 1. The van der Waals surface area contributed by atoms with Crippen LogP contribution in [0, 0.1) is 10.1 Å². The second kappa shape index (κ2) is 6.74. The maximum absolute atomic E-state index is 11.0. The second-order valence-corrected chi connectivity index (χ2v) is 4.50. The molecule has 0 spiro atoms. The lowest BCUT2D eigenvalue weighted by atomic mass is 10.1. The summed E-state index contributed by atoms with van der Waals surface area (Å²) >= 11 is 0. The van der Waals surface area contributed by atoms with E-state index < -0.39 is 4.92 Å². The van der Waals surface area contributed by atoms with Crippen molar-refractivity contribution in [2.45, 2.75) is 19.9 Å². The Labute approximate surface area is 122 Å². The number of aromatic nitrogens is 2. The van der Waals surface area contributed by atoms with Crippen molar-refractivity contribution in [2.75, 3.05) is 19.0 Å². The highest BCUT2D eigenvalue weighted by molar-refractivity contribution is 5.54. The van der Waals surface area contributed by atoms with E-state index in [4.69, 9.17) is 4.74 Å². The third-order valence-corrected chi connectivity index (χ3v) is 3.10. The maximum atomic E-state index is 11.0. The van der Waals surface area contributed by atoms with E-state index in [-0.39, 0.29) is 5.69 Å². The highest BCUT2D eigenvalue weighted by Gasteiger charge is 2.18. The van der Waals surface area contributed by atoms with Crippen LogP contribution in [0.25, 0.3) is 0 Å². The highest BCUT2D eigenvalue weighted by Crippen LogP contribution is 2.22. The van der Waals surface area contributed by atoms with E-state index in [2.05, 4.69) is 10.4 Å². The first-order chi connectivity index (χ1) is 10.1. The van der Waals surface area contributed by atoms with Crippen molar-refractivity contribution >= 4 is 11.5 Å². The molecule has 21 heavy (non-hydrogen) atoms. The predicted molar refractivity (Wildman–Crippen MR) is 79.7 cm³/mol. The fourth-order valence-electron chi connectivity index (χ4n) is 1.99. The molecule has 0 aliphatic heterocycles. The molecule has 0 saturated heterocycles. The Bertz CT molecular complexity index is 624. The summed E-state index contributed by atoms with van der Waals surface area (Å²) in [7, 11) is 1.62. The summed E-state index contributed by atoms with van der Waals surface area (Å²) in [5, 5.41) is 18.1. The molecule has 0 saturated carbocycles. The molecular formula is C14H18N4O3. The Morgan fingerprint density at radius 2 is 2.29 bits per heavy atom. The molecular weight excluding hydrogens is 272 g/mol. The van der Waals surface area contributed by atoms with Gasteiger partial charge in [0, 0.05) is 13.1 Å². The minimum atomic E-state index is -0.424. The monoisotopic (exact) mass is 290 g/mol. The topological polar surface area (TPSA) is 82.2 Å². The standard InChI is InChI=1S/C14H18N4O3/c1-3-17-10-13(18(19)20)14(16-17)15-8-7-11-5-4-6-12(9-11)21-2/h4-6,9-10H,3,7-8H2,1-2H3,(H,15,16). The Morgan fingerprint density at radius 1 is 1.48 bits per heavy atom.